The number of β-lactam (4-membered cyclic amide) rings is 1. The molecule has 0 bridgehead atoms. The molecule has 9 heteroatoms. The van der Waals surface area contributed by atoms with Crippen LogP contribution in [0.4, 0.5) is 4.79 Å². The van der Waals surface area contributed by atoms with Crippen LogP contribution in [0.1, 0.15) is 49.8 Å². The molecular weight excluding hydrogens is 560 g/mol. The molecule has 0 spiro atoms. The van der Waals surface area contributed by atoms with Gasteiger partial charge < -0.3 is 14.8 Å². The first-order valence-electron chi connectivity index (χ1n) is 13.7. The molecule has 1 N–H and O–H groups in total. The van der Waals surface area contributed by atoms with Crippen molar-refractivity contribution in [2.75, 3.05) is 7.11 Å². The summed E-state index contributed by atoms with van der Waals surface area (Å²) in [5, 5.41) is 3.03. The maximum atomic E-state index is 13.7. The van der Waals surface area contributed by atoms with Gasteiger partial charge in [0.15, 0.2) is 6.04 Å². The zero-order valence-corrected chi connectivity index (χ0v) is 24.6. The van der Waals surface area contributed by atoms with E-state index in [4.69, 9.17) is 21.1 Å². The van der Waals surface area contributed by atoms with Crippen molar-refractivity contribution < 1.29 is 23.9 Å². The number of esters is 1. The van der Waals surface area contributed by atoms with Crippen LogP contribution in [-0.4, -0.2) is 40.7 Å². The van der Waals surface area contributed by atoms with Crippen LogP contribution in [0, 0.1) is 5.92 Å². The highest BCUT2D eigenvalue weighted by Gasteiger charge is 2.57. The van der Waals surface area contributed by atoms with Crippen LogP contribution in [0.15, 0.2) is 88.8 Å². The third-order valence-electron chi connectivity index (χ3n) is 7.66. The predicted molar refractivity (Wildman–Crippen MR) is 160 cm³/mol. The van der Waals surface area contributed by atoms with Crippen molar-refractivity contribution in [3.8, 4) is 5.75 Å². The van der Waals surface area contributed by atoms with Crippen LogP contribution >= 0.6 is 23.4 Å². The number of amides is 3. The summed E-state index contributed by atoms with van der Waals surface area (Å²) >= 11 is 7.72. The second-order valence-electron chi connectivity index (χ2n) is 10.7. The number of ether oxygens (including phenoxy) is 2. The summed E-state index contributed by atoms with van der Waals surface area (Å²) in [5.41, 5.74) is 2.60. The number of hydrogen-bond acceptors (Lipinski definition) is 6. The number of likely N-dealkylation sites (tertiary alicyclic amines) is 1. The number of carbonyl (C=O) groups is 3. The summed E-state index contributed by atoms with van der Waals surface area (Å²) in [6, 6.07) is 14.7. The Morgan fingerprint density at radius 3 is 2.51 bits per heavy atom. The number of nitrogens with zero attached hydrogens (tertiary/aromatic N) is 1. The van der Waals surface area contributed by atoms with Gasteiger partial charge in [-0.2, -0.15) is 0 Å². The number of rotatable bonds is 9. The van der Waals surface area contributed by atoms with E-state index in [2.05, 4.69) is 17.5 Å². The number of thioether (sulfide) groups is 1. The van der Waals surface area contributed by atoms with Crippen molar-refractivity contribution in [3.05, 3.63) is 100.0 Å². The number of halogens is 1. The van der Waals surface area contributed by atoms with Gasteiger partial charge in [0.25, 0.3) is 0 Å². The fourth-order valence-corrected chi connectivity index (χ4v) is 7.16. The summed E-state index contributed by atoms with van der Waals surface area (Å²) in [6.07, 6.45) is 11.0. The molecule has 2 unspecified atom stereocenters. The number of allylic oxidation sites excluding steroid dienone is 3. The van der Waals surface area contributed by atoms with E-state index in [9.17, 15) is 14.4 Å². The van der Waals surface area contributed by atoms with Gasteiger partial charge in [-0.15, -0.1) is 11.8 Å². The van der Waals surface area contributed by atoms with Crippen molar-refractivity contribution in [2.24, 2.45) is 5.92 Å². The molecule has 3 aliphatic rings. The monoisotopic (exact) mass is 592 g/mol. The van der Waals surface area contributed by atoms with E-state index in [0.717, 1.165) is 34.4 Å². The van der Waals surface area contributed by atoms with Gasteiger partial charge in [-0.1, -0.05) is 78.4 Å². The fraction of sp³-hybridized carbons (Fsp3) is 0.344. The van der Waals surface area contributed by atoms with E-state index in [1.54, 1.807) is 31.4 Å². The van der Waals surface area contributed by atoms with E-state index < -0.39 is 35.9 Å². The number of hydrogen-bond donors (Lipinski definition) is 1. The Bertz CT molecular complexity index is 1390. The molecule has 2 heterocycles. The molecule has 2 aromatic carbocycles. The highest BCUT2D eigenvalue weighted by molar-refractivity contribution is 8.06. The van der Waals surface area contributed by atoms with Crippen molar-refractivity contribution in [1.82, 2.24) is 10.2 Å². The van der Waals surface area contributed by atoms with Crippen molar-refractivity contribution >= 4 is 41.3 Å². The van der Waals surface area contributed by atoms with Crippen LogP contribution in [0.5, 0.6) is 5.75 Å². The molecule has 4 atom stereocenters. The van der Waals surface area contributed by atoms with Crippen LogP contribution in [0.3, 0.4) is 0 Å². The summed E-state index contributed by atoms with van der Waals surface area (Å²) in [6.45, 7) is 2.03. The summed E-state index contributed by atoms with van der Waals surface area (Å²) in [4.78, 5) is 41.8. The Morgan fingerprint density at radius 2 is 1.88 bits per heavy atom. The largest absolute Gasteiger partial charge is 0.497 e. The molecule has 1 saturated heterocycles. The van der Waals surface area contributed by atoms with Crippen LogP contribution < -0.4 is 10.1 Å². The smallest absolute Gasteiger partial charge is 0.330 e. The van der Waals surface area contributed by atoms with Gasteiger partial charge in [-0.05, 0) is 61.4 Å². The normalized spacial score (nSPS) is 24.2. The second kappa shape index (κ2) is 12.6. The third kappa shape index (κ3) is 6.54. The van der Waals surface area contributed by atoms with Gasteiger partial charge in [-0.25, -0.2) is 14.5 Å². The SMILES string of the molecule is COc1ccc(COC(=O)[C@@H]2[C@@H](CC3(C)CC=C(Cl)S3)C(=O)N2C(=O)NC(C2=CCCC=C2)c2ccccc2)cc1. The molecule has 41 heavy (non-hydrogen) atoms. The molecule has 0 aromatic heterocycles. The van der Waals surface area contributed by atoms with Gasteiger partial charge in [0, 0.05) is 4.75 Å². The summed E-state index contributed by atoms with van der Waals surface area (Å²) in [5.74, 6) is -1.00. The number of benzene rings is 2. The first-order valence-corrected chi connectivity index (χ1v) is 14.9. The average molecular weight is 593 g/mol. The van der Waals surface area contributed by atoms with Crippen molar-refractivity contribution in [1.29, 1.82) is 0 Å². The summed E-state index contributed by atoms with van der Waals surface area (Å²) in [7, 11) is 1.58. The molecule has 0 radical (unpaired) electrons. The maximum Gasteiger partial charge on any atom is 0.330 e. The minimum atomic E-state index is -1.04. The van der Waals surface area contributed by atoms with E-state index >= 15 is 0 Å². The zero-order chi connectivity index (χ0) is 29.0. The average Bonchev–Trinajstić information content (AvgIpc) is 3.35. The molecule has 1 aliphatic carbocycles. The third-order valence-corrected chi connectivity index (χ3v) is 9.24. The Hall–Kier alpha value is -3.49. The lowest BCUT2D eigenvalue weighted by Crippen LogP contribution is -2.69. The lowest BCUT2D eigenvalue weighted by molar-refractivity contribution is -0.171. The number of carbonyl (C=O) groups excluding carboxylic acids is 3. The van der Waals surface area contributed by atoms with Gasteiger partial charge >= 0.3 is 12.0 Å². The molecule has 2 aliphatic heterocycles. The number of nitrogens with one attached hydrogen (secondary N) is 1. The molecule has 3 amide bonds. The lowest BCUT2D eigenvalue weighted by atomic mass is 9.79. The van der Waals surface area contributed by atoms with E-state index in [0.29, 0.717) is 23.0 Å². The van der Waals surface area contributed by atoms with Gasteiger partial charge in [0.2, 0.25) is 5.91 Å². The van der Waals surface area contributed by atoms with E-state index in [1.807, 2.05) is 49.4 Å². The predicted octanol–water partition coefficient (Wildman–Crippen LogP) is 6.66. The summed E-state index contributed by atoms with van der Waals surface area (Å²) < 4.78 is 11.2. The Labute approximate surface area is 249 Å². The number of urea groups is 1. The Morgan fingerprint density at radius 1 is 1.12 bits per heavy atom. The quantitative estimate of drug-likeness (QED) is 0.259. The minimum absolute atomic E-state index is 0.0133. The minimum Gasteiger partial charge on any atom is -0.497 e. The first-order chi connectivity index (χ1) is 19.8. The van der Waals surface area contributed by atoms with Crippen LogP contribution in [0.25, 0.3) is 0 Å². The second-order valence-corrected chi connectivity index (χ2v) is 12.9. The molecule has 214 valence electrons. The molecular formula is C32H33ClN2O5S. The van der Waals surface area contributed by atoms with Gasteiger partial charge in [0.1, 0.15) is 12.4 Å². The highest BCUT2D eigenvalue weighted by atomic mass is 35.5. The molecule has 2 aromatic rings. The van der Waals surface area contributed by atoms with E-state index in [1.165, 1.54) is 11.8 Å². The molecule has 0 saturated carbocycles. The van der Waals surface area contributed by atoms with Gasteiger partial charge in [-0.3, -0.25) is 4.79 Å². The molecule has 5 rings (SSSR count). The standard InChI is InChI=1S/C32H33ClN2O5S/c1-32(18-17-26(33)41-32)19-25-28(30(37)40-20-21-13-15-24(39-2)16-14-21)35(29(25)36)31(38)34-27(22-9-5-3-6-10-22)23-11-7-4-8-12-23/h3,5-7,9-17,25,27-28H,4,8,18-20H2,1-2H3,(H,34,38)/t25-,27?,28+,32?/m1/s1. The fourth-order valence-electron chi connectivity index (χ4n) is 5.46. The maximum absolute atomic E-state index is 13.7. The topological polar surface area (TPSA) is 84.9 Å². The highest BCUT2D eigenvalue weighted by Crippen LogP contribution is 2.49. The van der Waals surface area contributed by atoms with Crippen molar-refractivity contribution in [2.45, 2.75) is 56.0 Å². The molecule has 7 nitrogen and oxygen atoms in total. The van der Waals surface area contributed by atoms with Crippen LogP contribution in [0.2, 0.25) is 0 Å². The van der Waals surface area contributed by atoms with Gasteiger partial charge in [0.05, 0.1) is 23.4 Å². The number of imide groups is 1. The van der Waals surface area contributed by atoms with Crippen molar-refractivity contribution in [3.63, 3.8) is 0 Å². The van der Waals surface area contributed by atoms with E-state index in [-0.39, 0.29) is 11.4 Å². The van der Waals surface area contributed by atoms with Crippen LogP contribution in [-0.2, 0) is 20.9 Å². The number of methoxy groups -OCH3 is 1. The zero-order valence-electron chi connectivity index (χ0n) is 23.0. The Kier molecular flexibility index (Phi) is 8.90. The first kappa shape index (κ1) is 29.0. The molecule has 1 fully saturated rings. The lowest BCUT2D eigenvalue weighted by Gasteiger charge is -2.46. The Balaban J connectivity index is 1.36.